The highest BCUT2D eigenvalue weighted by Gasteiger charge is 2.21. The van der Waals surface area contributed by atoms with Crippen molar-refractivity contribution in [3.05, 3.63) is 65.2 Å². The van der Waals surface area contributed by atoms with E-state index in [2.05, 4.69) is 10.6 Å². The summed E-state index contributed by atoms with van der Waals surface area (Å²) in [6, 6.07) is 14.1. The second kappa shape index (κ2) is 10.2. The van der Waals surface area contributed by atoms with Gasteiger partial charge < -0.3 is 10.6 Å². The van der Waals surface area contributed by atoms with Crippen LogP contribution in [-0.4, -0.2) is 43.9 Å². The molecule has 8 heteroatoms. The van der Waals surface area contributed by atoms with Gasteiger partial charge in [-0.2, -0.15) is 4.31 Å². The molecule has 0 aromatic heterocycles. The number of hydrogen-bond acceptors (Lipinski definition) is 4. The van der Waals surface area contributed by atoms with Crippen molar-refractivity contribution in [3.63, 3.8) is 0 Å². The number of sulfonamides is 1. The molecule has 0 bridgehead atoms. The smallest absolute Gasteiger partial charge is 0.253 e. The van der Waals surface area contributed by atoms with E-state index in [9.17, 15) is 18.0 Å². The summed E-state index contributed by atoms with van der Waals surface area (Å²) in [4.78, 5) is 24.8. The Morgan fingerprint density at radius 3 is 2.31 bits per heavy atom. The number of hydrogen-bond donors (Lipinski definition) is 2. The SMILES string of the molecule is CCCNC(=O)c1ccccc1NC(=O)CN(Cc1ccc(C)cc1)S(C)(=O)=O. The summed E-state index contributed by atoms with van der Waals surface area (Å²) < 4.78 is 25.4. The first-order chi connectivity index (χ1) is 13.7. The Labute approximate surface area is 172 Å². The summed E-state index contributed by atoms with van der Waals surface area (Å²) in [6.45, 7) is 4.16. The van der Waals surface area contributed by atoms with E-state index in [-0.39, 0.29) is 19.0 Å². The van der Waals surface area contributed by atoms with E-state index >= 15 is 0 Å². The summed E-state index contributed by atoms with van der Waals surface area (Å²) in [6.07, 6.45) is 1.86. The van der Waals surface area contributed by atoms with Gasteiger partial charge in [0, 0.05) is 13.1 Å². The number of carbonyl (C=O) groups is 2. The number of amides is 2. The molecule has 0 aliphatic carbocycles. The van der Waals surface area contributed by atoms with Gasteiger partial charge >= 0.3 is 0 Å². The van der Waals surface area contributed by atoms with Crippen molar-refractivity contribution in [2.45, 2.75) is 26.8 Å². The van der Waals surface area contributed by atoms with Gasteiger partial charge in [-0.25, -0.2) is 8.42 Å². The number of nitrogens with one attached hydrogen (secondary N) is 2. The maximum Gasteiger partial charge on any atom is 0.253 e. The highest BCUT2D eigenvalue weighted by Crippen LogP contribution is 2.16. The molecule has 0 spiro atoms. The number of carbonyl (C=O) groups excluding carboxylic acids is 2. The lowest BCUT2D eigenvalue weighted by Gasteiger charge is -2.20. The first-order valence-electron chi connectivity index (χ1n) is 9.38. The Kier molecular flexibility index (Phi) is 7.92. The van der Waals surface area contributed by atoms with Crippen LogP contribution in [0, 0.1) is 6.92 Å². The quantitative estimate of drug-likeness (QED) is 0.655. The van der Waals surface area contributed by atoms with Crippen LogP contribution in [0.3, 0.4) is 0 Å². The standard InChI is InChI=1S/C21H27N3O4S/c1-4-13-22-21(26)18-7-5-6-8-19(18)23-20(25)15-24(29(3,27)28)14-17-11-9-16(2)10-12-17/h5-12H,4,13-15H2,1-3H3,(H,22,26)(H,23,25). The van der Waals surface area contributed by atoms with E-state index in [0.717, 1.165) is 28.1 Å². The molecule has 156 valence electrons. The first-order valence-corrected chi connectivity index (χ1v) is 11.2. The molecule has 0 saturated carbocycles. The highest BCUT2D eigenvalue weighted by atomic mass is 32.2. The minimum atomic E-state index is -3.61. The molecule has 7 nitrogen and oxygen atoms in total. The Hall–Kier alpha value is -2.71. The first kappa shape index (κ1) is 22.6. The van der Waals surface area contributed by atoms with Gasteiger partial charge in [-0.15, -0.1) is 0 Å². The molecule has 2 aromatic carbocycles. The molecule has 0 atom stereocenters. The van der Waals surface area contributed by atoms with Gasteiger partial charge in [0.15, 0.2) is 0 Å². The summed E-state index contributed by atoms with van der Waals surface area (Å²) in [5.41, 5.74) is 2.53. The molecule has 2 N–H and O–H groups in total. The maximum absolute atomic E-state index is 12.6. The van der Waals surface area contributed by atoms with E-state index in [0.29, 0.717) is 17.8 Å². The summed E-state index contributed by atoms with van der Waals surface area (Å²) in [5, 5.41) is 5.43. The molecule has 0 saturated heterocycles. The fourth-order valence-electron chi connectivity index (χ4n) is 2.66. The van der Waals surface area contributed by atoms with Gasteiger partial charge in [0.05, 0.1) is 24.1 Å². The lowest BCUT2D eigenvalue weighted by molar-refractivity contribution is -0.116. The highest BCUT2D eigenvalue weighted by molar-refractivity contribution is 7.88. The number of anilines is 1. The van der Waals surface area contributed by atoms with Crippen molar-refractivity contribution in [1.29, 1.82) is 0 Å². The fourth-order valence-corrected chi connectivity index (χ4v) is 3.40. The second-order valence-corrected chi connectivity index (χ2v) is 8.85. The number of aryl methyl sites for hydroxylation is 1. The van der Waals surface area contributed by atoms with Crippen molar-refractivity contribution >= 4 is 27.5 Å². The third kappa shape index (κ3) is 6.99. The predicted molar refractivity (Wildman–Crippen MR) is 114 cm³/mol. The van der Waals surface area contributed by atoms with Crippen LogP contribution < -0.4 is 10.6 Å². The Morgan fingerprint density at radius 2 is 1.69 bits per heavy atom. The molecule has 0 heterocycles. The van der Waals surface area contributed by atoms with Crippen LogP contribution in [0.2, 0.25) is 0 Å². The molecule has 0 fully saturated rings. The van der Waals surface area contributed by atoms with Gasteiger partial charge in [0.1, 0.15) is 0 Å². The summed E-state index contributed by atoms with van der Waals surface area (Å²) in [7, 11) is -3.61. The van der Waals surface area contributed by atoms with Crippen LogP contribution >= 0.6 is 0 Å². The zero-order valence-corrected chi connectivity index (χ0v) is 17.8. The molecular weight excluding hydrogens is 390 g/mol. The van der Waals surface area contributed by atoms with Crippen molar-refractivity contribution in [2.75, 3.05) is 24.7 Å². The minimum absolute atomic E-state index is 0.0885. The number of benzene rings is 2. The Bertz CT molecular complexity index is 956. The molecule has 0 radical (unpaired) electrons. The minimum Gasteiger partial charge on any atom is -0.352 e. The van der Waals surface area contributed by atoms with Crippen molar-refractivity contribution < 1.29 is 18.0 Å². The molecular formula is C21H27N3O4S. The van der Waals surface area contributed by atoms with Crippen LogP contribution in [0.4, 0.5) is 5.69 Å². The Balaban J connectivity index is 2.13. The number of para-hydroxylation sites is 1. The van der Waals surface area contributed by atoms with E-state index in [1.165, 1.54) is 0 Å². The third-order valence-electron chi connectivity index (χ3n) is 4.25. The topological polar surface area (TPSA) is 95.6 Å². The molecule has 0 aliphatic rings. The van der Waals surface area contributed by atoms with Gasteiger partial charge in [-0.3, -0.25) is 9.59 Å². The lowest BCUT2D eigenvalue weighted by Crippen LogP contribution is -2.37. The average Bonchev–Trinajstić information content (AvgIpc) is 2.67. The van der Waals surface area contributed by atoms with Crippen molar-refractivity contribution in [2.24, 2.45) is 0 Å². The molecule has 2 rings (SSSR count). The van der Waals surface area contributed by atoms with Gasteiger partial charge in [-0.1, -0.05) is 48.9 Å². The largest absolute Gasteiger partial charge is 0.352 e. The Morgan fingerprint density at radius 1 is 1.03 bits per heavy atom. The van der Waals surface area contributed by atoms with Crippen LogP contribution in [0.1, 0.15) is 34.8 Å². The molecule has 29 heavy (non-hydrogen) atoms. The molecule has 2 amide bonds. The van der Waals surface area contributed by atoms with E-state index < -0.39 is 15.9 Å². The second-order valence-electron chi connectivity index (χ2n) is 6.87. The van der Waals surface area contributed by atoms with Crippen molar-refractivity contribution in [3.8, 4) is 0 Å². The average molecular weight is 418 g/mol. The maximum atomic E-state index is 12.6. The summed E-state index contributed by atoms with van der Waals surface area (Å²) in [5.74, 6) is -0.805. The predicted octanol–water partition coefficient (Wildman–Crippen LogP) is 2.54. The zero-order valence-electron chi connectivity index (χ0n) is 16.9. The van der Waals surface area contributed by atoms with E-state index in [1.54, 1.807) is 24.3 Å². The summed E-state index contributed by atoms with van der Waals surface area (Å²) >= 11 is 0. The fraction of sp³-hybridized carbons (Fsp3) is 0.333. The normalized spacial score (nSPS) is 11.3. The molecule has 2 aromatic rings. The van der Waals surface area contributed by atoms with Gasteiger partial charge in [-0.05, 0) is 31.0 Å². The van der Waals surface area contributed by atoms with Crippen LogP contribution in [0.5, 0.6) is 0 Å². The number of rotatable bonds is 9. The molecule has 0 unspecified atom stereocenters. The molecule has 0 aliphatic heterocycles. The van der Waals surface area contributed by atoms with Crippen molar-refractivity contribution in [1.82, 2.24) is 9.62 Å². The van der Waals surface area contributed by atoms with E-state index in [1.807, 2.05) is 38.1 Å². The van der Waals surface area contributed by atoms with Gasteiger partial charge in [0.25, 0.3) is 5.91 Å². The zero-order chi connectivity index (χ0) is 21.4. The van der Waals surface area contributed by atoms with Crippen LogP contribution in [0.15, 0.2) is 48.5 Å². The van der Waals surface area contributed by atoms with Crippen LogP contribution in [0.25, 0.3) is 0 Å². The third-order valence-corrected chi connectivity index (χ3v) is 5.45. The number of nitrogens with zero attached hydrogens (tertiary/aromatic N) is 1. The lowest BCUT2D eigenvalue weighted by atomic mass is 10.1. The van der Waals surface area contributed by atoms with Gasteiger partial charge in [0.2, 0.25) is 15.9 Å². The van der Waals surface area contributed by atoms with Crippen LogP contribution in [-0.2, 0) is 21.4 Å². The van der Waals surface area contributed by atoms with E-state index in [4.69, 9.17) is 0 Å². The monoisotopic (exact) mass is 417 g/mol.